The molecule has 1 atom stereocenters. The highest BCUT2D eigenvalue weighted by Crippen LogP contribution is 2.35. The quantitative estimate of drug-likeness (QED) is 0.747. The Balaban J connectivity index is 2.30. The molecule has 0 bridgehead atoms. The number of carbonyl (C=O) groups is 1. The van der Waals surface area contributed by atoms with Crippen LogP contribution in [0.2, 0.25) is 0 Å². The summed E-state index contributed by atoms with van der Waals surface area (Å²) in [5.74, 6) is -0.209. The zero-order valence-electron chi connectivity index (χ0n) is 10.2. The van der Waals surface area contributed by atoms with Gasteiger partial charge in [0.15, 0.2) is 0 Å². The number of aryl methyl sites for hydroxylation is 1. The number of esters is 1. The van der Waals surface area contributed by atoms with E-state index in [-0.39, 0.29) is 11.4 Å². The van der Waals surface area contributed by atoms with Gasteiger partial charge in [0.25, 0.3) is 0 Å². The number of hydrogen-bond acceptors (Lipinski definition) is 4. The van der Waals surface area contributed by atoms with Crippen molar-refractivity contribution in [1.29, 1.82) is 0 Å². The van der Waals surface area contributed by atoms with Crippen molar-refractivity contribution in [1.82, 2.24) is 4.98 Å². The smallest absolute Gasteiger partial charge is 0.306 e. The second-order valence-corrected chi connectivity index (χ2v) is 4.50. The summed E-state index contributed by atoms with van der Waals surface area (Å²) in [5.41, 5.74) is 1.58. The van der Waals surface area contributed by atoms with Gasteiger partial charge < -0.3 is 9.47 Å². The lowest BCUT2D eigenvalue weighted by atomic mass is 9.80. The maximum absolute atomic E-state index is 11.5. The number of ether oxygens (including phenoxy) is 2. The SMILES string of the molecule is COC(=O)CC1(c2cccc(C)n2)CCOC1. The first kappa shape index (κ1) is 12.0. The molecule has 1 aliphatic rings. The summed E-state index contributed by atoms with van der Waals surface area (Å²) >= 11 is 0. The standard InChI is InChI=1S/C13H17NO3/c1-10-4-3-5-11(14-10)13(6-7-17-9-13)8-12(15)16-2/h3-5H,6-9H2,1-2H3. The van der Waals surface area contributed by atoms with Crippen molar-refractivity contribution in [3.8, 4) is 0 Å². The van der Waals surface area contributed by atoms with Gasteiger partial charge >= 0.3 is 5.97 Å². The van der Waals surface area contributed by atoms with Gasteiger partial charge in [-0.1, -0.05) is 6.07 Å². The molecule has 2 rings (SSSR count). The van der Waals surface area contributed by atoms with Crippen LogP contribution < -0.4 is 0 Å². The van der Waals surface area contributed by atoms with E-state index in [1.807, 2.05) is 25.1 Å². The number of nitrogens with zero attached hydrogens (tertiary/aromatic N) is 1. The van der Waals surface area contributed by atoms with Gasteiger partial charge in [-0.15, -0.1) is 0 Å². The van der Waals surface area contributed by atoms with Gasteiger partial charge in [0.1, 0.15) is 0 Å². The van der Waals surface area contributed by atoms with Crippen molar-refractivity contribution in [2.45, 2.75) is 25.2 Å². The average molecular weight is 235 g/mol. The maximum Gasteiger partial charge on any atom is 0.306 e. The van der Waals surface area contributed by atoms with Gasteiger partial charge in [0.05, 0.1) is 20.1 Å². The molecule has 4 heteroatoms. The fourth-order valence-corrected chi connectivity index (χ4v) is 2.23. The Kier molecular flexibility index (Phi) is 3.43. The summed E-state index contributed by atoms with van der Waals surface area (Å²) in [7, 11) is 1.41. The van der Waals surface area contributed by atoms with Crippen LogP contribution in [0.15, 0.2) is 18.2 Å². The highest BCUT2D eigenvalue weighted by Gasteiger charge is 2.40. The van der Waals surface area contributed by atoms with E-state index < -0.39 is 0 Å². The second kappa shape index (κ2) is 4.84. The van der Waals surface area contributed by atoms with E-state index in [1.54, 1.807) is 0 Å². The van der Waals surface area contributed by atoms with E-state index in [0.29, 0.717) is 19.6 Å². The van der Waals surface area contributed by atoms with E-state index in [0.717, 1.165) is 17.8 Å². The van der Waals surface area contributed by atoms with Gasteiger partial charge in [-0.25, -0.2) is 0 Å². The highest BCUT2D eigenvalue weighted by molar-refractivity contribution is 5.71. The third-order valence-electron chi connectivity index (χ3n) is 3.25. The first-order valence-corrected chi connectivity index (χ1v) is 5.75. The first-order valence-electron chi connectivity index (χ1n) is 5.75. The normalized spacial score (nSPS) is 23.6. The summed E-state index contributed by atoms with van der Waals surface area (Å²) < 4.78 is 10.2. The Morgan fingerprint density at radius 3 is 3.00 bits per heavy atom. The van der Waals surface area contributed by atoms with Crippen LogP contribution in [0.3, 0.4) is 0 Å². The molecule has 17 heavy (non-hydrogen) atoms. The minimum Gasteiger partial charge on any atom is -0.469 e. The molecule has 0 aliphatic carbocycles. The van der Waals surface area contributed by atoms with Crippen LogP contribution in [0.1, 0.15) is 24.2 Å². The van der Waals surface area contributed by atoms with Crippen LogP contribution in [-0.4, -0.2) is 31.3 Å². The van der Waals surface area contributed by atoms with Crippen molar-refractivity contribution < 1.29 is 14.3 Å². The van der Waals surface area contributed by atoms with Gasteiger partial charge in [-0.05, 0) is 25.5 Å². The molecule has 0 aromatic carbocycles. The fraction of sp³-hybridized carbons (Fsp3) is 0.538. The number of pyridine rings is 1. The molecule has 2 heterocycles. The minimum absolute atomic E-state index is 0.209. The zero-order chi connectivity index (χ0) is 12.3. The second-order valence-electron chi connectivity index (χ2n) is 4.50. The molecular weight excluding hydrogens is 218 g/mol. The molecule has 1 aromatic heterocycles. The van der Waals surface area contributed by atoms with Crippen molar-refractivity contribution in [3.63, 3.8) is 0 Å². The van der Waals surface area contributed by atoms with E-state index in [9.17, 15) is 4.79 Å². The Labute approximate surface area is 101 Å². The third kappa shape index (κ3) is 2.47. The Hall–Kier alpha value is -1.42. The number of aromatic nitrogens is 1. The Morgan fingerprint density at radius 1 is 1.59 bits per heavy atom. The van der Waals surface area contributed by atoms with E-state index in [4.69, 9.17) is 9.47 Å². The molecule has 0 amide bonds. The minimum atomic E-state index is -0.306. The molecule has 1 fully saturated rings. The van der Waals surface area contributed by atoms with Crippen LogP contribution >= 0.6 is 0 Å². The molecule has 1 aromatic rings. The number of carbonyl (C=O) groups excluding carboxylic acids is 1. The Morgan fingerprint density at radius 2 is 2.41 bits per heavy atom. The predicted octanol–water partition coefficient (Wildman–Crippen LogP) is 1.61. The van der Waals surface area contributed by atoms with Crippen molar-refractivity contribution >= 4 is 5.97 Å². The molecule has 1 aliphatic heterocycles. The van der Waals surface area contributed by atoms with Crippen molar-refractivity contribution in [3.05, 3.63) is 29.6 Å². The van der Waals surface area contributed by atoms with E-state index in [2.05, 4.69) is 4.98 Å². The lowest BCUT2D eigenvalue weighted by Gasteiger charge is -2.25. The van der Waals surface area contributed by atoms with Crippen LogP contribution in [0.5, 0.6) is 0 Å². The molecular formula is C13H17NO3. The molecule has 0 radical (unpaired) electrons. The lowest BCUT2D eigenvalue weighted by molar-refractivity contribution is -0.142. The largest absolute Gasteiger partial charge is 0.469 e. The fourth-order valence-electron chi connectivity index (χ4n) is 2.23. The van der Waals surface area contributed by atoms with Crippen molar-refractivity contribution in [2.75, 3.05) is 20.3 Å². The van der Waals surface area contributed by atoms with Gasteiger partial charge in [-0.3, -0.25) is 9.78 Å². The van der Waals surface area contributed by atoms with E-state index >= 15 is 0 Å². The van der Waals surface area contributed by atoms with Crippen molar-refractivity contribution in [2.24, 2.45) is 0 Å². The van der Waals surface area contributed by atoms with Gasteiger partial charge in [0, 0.05) is 23.4 Å². The lowest BCUT2D eigenvalue weighted by Crippen LogP contribution is -2.31. The summed E-state index contributed by atoms with van der Waals surface area (Å²) in [5, 5.41) is 0. The molecule has 0 saturated carbocycles. The monoisotopic (exact) mass is 235 g/mol. The first-order chi connectivity index (χ1) is 8.16. The van der Waals surface area contributed by atoms with Crippen LogP contribution in [0.25, 0.3) is 0 Å². The average Bonchev–Trinajstić information content (AvgIpc) is 2.79. The molecule has 4 nitrogen and oxygen atoms in total. The van der Waals surface area contributed by atoms with Gasteiger partial charge in [-0.2, -0.15) is 0 Å². The molecule has 1 saturated heterocycles. The summed E-state index contributed by atoms with van der Waals surface area (Å²) in [6.45, 7) is 3.16. The Bertz CT molecular complexity index is 411. The van der Waals surface area contributed by atoms with Crippen LogP contribution in [0, 0.1) is 6.92 Å². The summed E-state index contributed by atoms with van der Waals surface area (Å²) in [6.07, 6.45) is 1.15. The number of hydrogen-bond donors (Lipinski definition) is 0. The van der Waals surface area contributed by atoms with Crippen LogP contribution in [0.4, 0.5) is 0 Å². The molecule has 1 unspecified atom stereocenters. The van der Waals surface area contributed by atoms with E-state index in [1.165, 1.54) is 7.11 Å². The number of rotatable bonds is 3. The summed E-state index contributed by atoms with van der Waals surface area (Å²) in [6, 6.07) is 5.88. The number of methoxy groups -OCH3 is 1. The van der Waals surface area contributed by atoms with Crippen LogP contribution in [-0.2, 0) is 19.7 Å². The summed E-state index contributed by atoms with van der Waals surface area (Å²) in [4.78, 5) is 16.1. The van der Waals surface area contributed by atoms with Gasteiger partial charge in [0.2, 0.25) is 0 Å². The third-order valence-corrected chi connectivity index (χ3v) is 3.25. The molecule has 0 spiro atoms. The predicted molar refractivity (Wildman–Crippen MR) is 62.7 cm³/mol. The highest BCUT2D eigenvalue weighted by atomic mass is 16.5. The maximum atomic E-state index is 11.5. The topological polar surface area (TPSA) is 48.4 Å². The molecule has 0 N–H and O–H groups in total. The zero-order valence-corrected chi connectivity index (χ0v) is 10.2. The molecule has 92 valence electrons.